The highest BCUT2D eigenvalue weighted by Crippen LogP contribution is 2.64. The lowest BCUT2D eigenvalue weighted by Gasteiger charge is -2.25. The lowest BCUT2D eigenvalue weighted by atomic mass is 10.0. The van der Waals surface area contributed by atoms with Crippen LogP contribution >= 0.6 is 0 Å². The molecule has 5 rings (SSSR count). The van der Waals surface area contributed by atoms with Crippen molar-refractivity contribution in [3.63, 3.8) is 0 Å². The maximum Gasteiger partial charge on any atom is 0.387 e. The molecule has 10 heteroatoms. The molecule has 0 aromatic carbocycles. The summed E-state index contributed by atoms with van der Waals surface area (Å²) in [7, 11) is 0. The molecule has 3 fully saturated rings. The van der Waals surface area contributed by atoms with E-state index in [1.807, 2.05) is 29.5 Å². The second-order valence-electron chi connectivity index (χ2n) is 9.44. The number of alkyl halides is 4. The van der Waals surface area contributed by atoms with E-state index < -0.39 is 19.0 Å². The zero-order chi connectivity index (χ0) is 22.7. The topological polar surface area (TPSA) is 69.2 Å². The van der Waals surface area contributed by atoms with E-state index in [0.717, 1.165) is 18.5 Å². The van der Waals surface area contributed by atoms with Gasteiger partial charge in [0.25, 0.3) is 0 Å². The van der Waals surface area contributed by atoms with E-state index in [0.29, 0.717) is 29.0 Å². The maximum absolute atomic E-state index is 13.6. The number of aromatic nitrogens is 3. The molecule has 6 nitrogen and oxygen atoms in total. The number of likely N-dealkylation sites (tertiary alicyclic amines) is 1. The molecule has 3 aliphatic rings. The SMILES string of the molecule is CC(C)n1nc(-c2cnc(N)c(OC(F)F)c2)cc1C1[C@H]2CC(N3CC(F)[C@H](F)C3)C[C@@H]12. The molecule has 1 aliphatic heterocycles. The van der Waals surface area contributed by atoms with Gasteiger partial charge in [-0.2, -0.15) is 13.9 Å². The zero-order valence-corrected chi connectivity index (χ0v) is 18.0. The van der Waals surface area contributed by atoms with E-state index in [-0.39, 0.29) is 36.7 Å². The number of nitrogen functional groups attached to an aromatic ring is 1. The largest absolute Gasteiger partial charge is 0.431 e. The van der Waals surface area contributed by atoms with Gasteiger partial charge in [-0.25, -0.2) is 13.8 Å². The molecule has 0 bridgehead atoms. The van der Waals surface area contributed by atoms with Crippen molar-refractivity contribution >= 4 is 5.82 Å². The van der Waals surface area contributed by atoms with Crippen LogP contribution in [-0.2, 0) is 0 Å². The number of ether oxygens (including phenoxy) is 1. The summed E-state index contributed by atoms with van der Waals surface area (Å²) in [4.78, 5) is 5.95. The quantitative estimate of drug-likeness (QED) is 0.665. The normalized spacial score (nSPS) is 32.1. The third-order valence-corrected chi connectivity index (χ3v) is 7.14. The van der Waals surface area contributed by atoms with Crippen molar-refractivity contribution in [3.8, 4) is 17.0 Å². The molecule has 2 aliphatic carbocycles. The van der Waals surface area contributed by atoms with Gasteiger partial charge in [-0.3, -0.25) is 9.58 Å². The van der Waals surface area contributed by atoms with Gasteiger partial charge >= 0.3 is 6.61 Å². The molecule has 2 aromatic heterocycles. The number of halogens is 4. The Bertz CT molecular complexity index is 977. The molecule has 6 atom stereocenters. The Kier molecular flexibility index (Phi) is 5.30. The number of pyridine rings is 1. The number of hydrogen-bond donors (Lipinski definition) is 1. The highest BCUT2D eigenvalue weighted by atomic mass is 19.3. The summed E-state index contributed by atoms with van der Waals surface area (Å²) in [6.45, 7) is 1.48. The molecule has 3 heterocycles. The maximum atomic E-state index is 13.6. The number of fused-ring (bicyclic) bond motifs is 1. The van der Waals surface area contributed by atoms with Crippen LogP contribution in [0.5, 0.6) is 5.75 Å². The van der Waals surface area contributed by atoms with Crippen LogP contribution in [0, 0.1) is 11.8 Å². The number of hydrogen-bond acceptors (Lipinski definition) is 5. The highest BCUT2D eigenvalue weighted by Gasteiger charge is 2.59. The molecule has 2 aromatic rings. The van der Waals surface area contributed by atoms with Crippen molar-refractivity contribution in [2.24, 2.45) is 11.8 Å². The Morgan fingerprint density at radius 1 is 1.09 bits per heavy atom. The van der Waals surface area contributed by atoms with Crippen LogP contribution in [0.1, 0.15) is 44.3 Å². The van der Waals surface area contributed by atoms with E-state index in [4.69, 9.17) is 10.8 Å². The Morgan fingerprint density at radius 2 is 1.75 bits per heavy atom. The number of rotatable bonds is 6. The van der Waals surface area contributed by atoms with Crippen molar-refractivity contribution in [1.29, 1.82) is 0 Å². The van der Waals surface area contributed by atoms with E-state index in [9.17, 15) is 17.6 Å². The van der Waals surface area contributed by atoms with Crippen LogP contribution in [0.15, 0.2) is 18.3 Å². The number of nitrogens with two attached hydrogens (primary N) is 1. The van der Waals surface area contributed by atoms with E-state index in [2.05, 4.69) is 9.72 Å². The summed E-state index contributed by atoms with van der Waals surface area (Å²) in [6, 6.07) is 3.78. The average Bonchev–Trinajstić information content (AvgIpc) is 3.13. The van der Waals surface area contributed by atoms with Crippen molar-refractivity contribution in [2.75, 3.05) is 18.8 Å². The summed E-state index contributed by atoms with van der Waals surface area (Å²) in [6.07, 6.45) is 0.620. The molecule has 0 radical (unpaired) electrons. The minimum atomic E-state index is -2.99. The fourth-order valence-corrected chi connectivity index (χ4v) is 5.60. The molecule has 2 saturated carbocycles. The van der Waals surface area contributed by atoms with E-state index in [1.54, 1.807) is 0 Å². The molecular weight excluding hydrogens is 426 g/mol. The fraction of sp³-hybridized carbons (Fsp3) is 0.636. The standard InChI is InChI=1S/C22H27F4N5O/c1-10(2)31-18(6-17(29-31)11-3-19(32-22(25)26)21(27)28-7-11)20-13-4-12(5-14(13)20)30-8-15(23)16(24)9-30/h3,6-7,10,12-16,20,22H,4-5,8-9H2,1-2H3,(H2,27,28)/t12?,13-,14+,15-,16?,20?/m1/s1. The van der Waals surface area contributed by atoms with Crippen LogP contribution in [0.3, 0.4) is 0 Å². The predicted octanol–water partition coefficient (Wildman–Crippen LogP) is 4.19. The van der Waals surface area contributed by atoms with Crippen LogP contribution < -0.4 is 10.5 Å². The Morgan fingerprint density at radius 3 is 2.34 bits per heavy atom. The van der Waals surface area contributed by atoms with Crippen LogP contribution in [0.25, 0.3) is 11.3 Å². The second-order valence-corrected chi connectivity index (χ2v) is 9.44. The summed E-state index contributed by atoms with van der Waals surface area (Å²) < 4.78 is 59.0. The first-order valence-electron chi connectivity index (χ1n) is 11.0. The first kappa shape index (κ1) is 21.5. The first-order chi connectivity index (χ1) is 15.2. The molecule has 174 valence electrons. The number of anilines is 1. The van der Waals surface area contributed by atoms with Crippen molar-refractivity contribution in [1.82, 2.24) is 19.7 Å². The summed E-state index contributed by atoms with van der Waals surface area (Å²) in [5.41, 5.74) is 7.94. The average molecular weight is 453 g/mol. The first-order valence-corrected chi connectivity index (χ1v) is 11.0. The Balaban J connectivity index is 1.35. The molecule has 3 unspecified atom stereocenters. The van der Waals surface area contributed by atoms with Crippen molar-refractivity contribution in [2.45, 2.75) is 63.6 Å². The van der Waals surface area contributed by atoms with Crippen molar-refractivity contribution < 1.29 is 22.3 Å². The summed E-state index contributed by atoms with van der Waals surface area (Å²) >= 11 is 0. The zero-order valence-electron chi connectivity index (χ0n) is 18.0. The van der Waals surface area contributed by atoms with Gasteiger partial charge in [0.1, 0.15) is 12.3 Å². The molecule has 32 heavy (non-hydrogen) atoms. The Hall–Kier alpha value is -2.36. The molecule has 0 amide bonds. The van der Waals surface area contributed by atoms with Gasteiger partial charge in [-0.15, -0.1) is 0 Å². The third-order valence-electron chi connectivity index (χ3n) is 7.14. The molecule has 2 N–H and O–H groups in total. The van der Waals surface area contributed by atoms with Crippen LogP contribution in [0.4, 0.5) is 23.4 Å². The lowest BCUT2D eigenvalue weighted by molar-refractivity contribution is -0.0494. The van der Waals surface area contributed by atoms with Gasteiger partial charge in [0, 0.05) is 48.5 Å². The van der Waals surface area contributed by atoms with E-state index >= 15 is 0 Å². The van der Waals surface area contributed by atoms with Gasteiger partial charge in [0.2, 0.25) is 0 Å². The molecule has 0 spiro atoms. The summed E-state index contributed by atoms with van der Waals surface area (Å²) in [5, 5.41) is 4.72. The number of nitrogens with zero attached hydrogens (tertiary/aromatic N) is 4. The van der Waals surface area contributed by atoms with Crippen molar-refractivity contribution in [3.05, 3.63) is 24.0 Å². The van der Waals surface area contributed by atoms with E-state index in [1.165, 1.54) is 12.3 Å². The van der Waals surface area contributed by atoms with Gasteiger partial charge in [-0.1, -0.05) is 0 Å². The van der Waals surface area contributed by atoms with Gasteiger partial charge in [0.05, 0.1) is 5.69 Å². The highest BCUT2D eigenvalue weighted by molar-refractivity contribution is 5.64. The fourth-order valence-electron chi connectivity index (χ4n) is 5.60. The van der Waals surface area contributed by atoms with Gasteiger partial charge in [-0.05, 0) is 50.7 Å². The minimum Gasteiger partial charge on any atom is -0.431 e. The van der Waals surface area contributed by atoms with Gasteiger partial charge in [0.15, 0.2) is 11.6 Å². The minimum absolute atomic E-state index is 0.103. The molecular formula is C22H27F4N5O. The second kappa shape index (κ2) is 7.90. The Labute approximate surface area is 183 Å². The molecule has 1 saturated heterocycles. The van der Waals surface area contributed by atoms with Crippen LogP contribution in [0.2, 0.25) is 0 Å². The third kappa shape index (κ3) is 3.72. The van der Waals surface area contributed by atoms with Gasteiger partial charge < -0.3 is 10.5 Å². The monoisotopic (exact) mass is 453 g/mol. The predicted molar refractivity (Wildman–Crippen MR) is 111 cm³/mol. The smallest absolute Gasteiger partial charge is 0.387 e. The lowest BCUT2D eigenvalue weighted by Crippen LogP contribution is -2.33. The summed E-state index contributed by atoms with van der Waals surface area (Å²) in [5.74, 6) is 1.01. The van der Waals surface area contributed by atoms with Crippen LogP contribution in [-0.4, -0.2) is 57.8 Å².